The van der Waals surface area contributed by atoms with E-state index in [0.29, 0.717) is 25.1 Å². The summed E-state index contributed by atoms with van der Waals surface area (Å²) in [5.74, 6) is 1.18. The lowest BCUT2D eigenvalue weighted by atomic mass is 10.0. The third kappa shape index (κ3) is 8.45. The summed E-state index contributed by atoms with van der Waals surface area (Å²) < 4.78 is 5.39. The zero-order chi connectivity index (χ0) is 25.9. The summed E-state index contributed by atoms with van der Waals surface area (Å²) >= 11 is 1.65. The van der Waals surface area contributed by atoms with Crippen molar-refractivity contribution in [2.75, 3.05) is 12.9 Å². The molecule has 0 bridgehead atoms. The average Bonchev–Trinajstić information content (AvgIpc) is 2.87. The third-order valence-electron chi connectivity index (χ3n) is 5.79. The molecular formula is C30H36N2O3S. The Bertz CT molecular complexity index is 1120. The Labute approximate surface area is 219 Å². The normalized spacial score (nSPS) is 11.7. The van der Waals surface area contributed by atoms with E-state index in [4.69, 9.17) is 4.74 Å². The van der Waals surface area contributed by atoms with E-state index >= 15 is 0 Å². The standard InChI is InChI=1S/C30H36N2O3S/c1-22(2)31-30(34)28(20-24-9-6-5-7-10-24)32(21-25-11-8-12-26(19-25)35-4)29(33)17-18-36-27-15-13-23(3)14-16-27/h5-16,19,22,28H,17-18,20-21H2,1-4H3,(H,31,34). The third-order valence-corrected chi connectivity index (χ3v) is 6.81. The van der Waals surface area contributed by atoms with E-state index in [-0.39, 0.29) is 17.9 Å². The maximum Gasteiger partial charge on any atom is 0.243 e. The minimum absolute atomic E-state index is 0.0263. The van der Waals surface area contributed by atoms with Crippen molar-refractivity contribution >= 4 is 23.6 Å². The van der Waals surface area contributed by atoms with Crippen LogP contribution in [0.5, 0.6) is 5.75 Å². The minimum atomic E-state index is -0.627. The van der Waals surface area contributed by atoms with Gasteiger partial charge >= 0.3 is 0 Å². The highest BCUT2D eigenvalue weighted by Crippen LogP contribution is 2.22. The van der Waals surface area contributed by atoms with Crippen molar-refractivity contribution in [3.8, 4) is 5.75 Å². The first-order valence-electron chi connectivity index (χ1n) is 12.3. The molecule has 0 aliphatic heterocycles. The second-order valence-electron chi connectivity index (χ2n) is 9.15. The fourth-order valence-electron chi connectivity index (χ4n) is 3.94. The predicted octanol–water partition coefficient (Wildman–Crippen LogP) is 5.65. The molecule has 0 aliphatic rings. The average molecular weight is 505 g/mol. The quantitative estimate of drug-likeness (QED) is 0.324. The van der Waals surface area contributed by atoms with Gasteiger partial charge in [-0.2, -0.15) is 0 Å². The van der Waals surface area contributed by atoms with Crippen molar-refractivity contribution in [3.63, 3.8) is 0 Å². The van der Waals surface area contributed by atoms with Gasteiger partial charge in [-0.25, -0.2) is 0 Å². The SMILES string of the molecule is COc1cccc(CN(C(=O)CCSc2ccc(C)cc2)C(Cc2ccccc2)C(=O)NC(C)C)c1. The number of hydrogen-bond donors (Lipinski definition) is 1. The molecule has 0 aliphatic carbocycles. The van der Waals surface area contributed by atoms with Crippen LogP contribution in [0.3, 0.4) is 0 Å². The second-order valence-corrected chi connectivity index (χ2v) is 10.3. The van der Waals surface area contributed by atoms with Crippen molar-refractivity contribution in [2.24, 2.45) is 0 Å². The zero-order valence-corrected chi connectivity index (χ0v) is 22.4. The van der Waals surface area contributed by atoms with Gasteiger partial charge in [0, 0.05) is 36.1 Å². The minimum Gasteiger partial charge on any atom is -0.497 e. The number of rotatable bonds is 12. The van der Waals surface area contributed by atoms with Crippen molar-refractivity contribution < 1.29 is 14.3 Å². The Kier molecular flexibility index (Phi) is 10.4. The van der Waals surface area contributed by atoms with Crippen LogP contribution in [0.1, 0.15) is 37.0 Å². The Morgan fingerprint density at radius 3 is 2.31 bits per heavy atom. The molecule has 1 N–H and O–H groups in total. The lowest BCUT2D eigenvalue weighted by molar-refractivity contribution is -0.141. The molecule has 0 saturated carbocycles. The van der Waals surface area contributed by atoms with Gasteiger partial charge in [0.05, 0.1) is 7.11 Å². The number of carbonyl (C=O) groups excluding carboxylic acids is 2. The van der Waals surface area contributed by atoms with Crippen LogP contribution in [0.25, 0.3) is 0 Å². The fraction of sp³-hybridized carbons (Fsp3) is 0.333. The molecule has 1 unspecified atom stereocenters. The van der Waals surface area contributed by atoms with Crippen molar-refractivity contribution in [3.05, 3.63) is 95.6 Å². The molecule has 3 rings (SSSR count). The Hall–Kier alpha value is -3.25. The number of nitrogens with zero attached hydrogens (tertiary/aromatic N) is 1. The number of amides is 2. The van der Waals surface area contributed by atoms with Crippen LogP contribution < -0.4 is 10.1 Å². The van der Waals surface area contributed by atoms with Gasteiger partial charge in [0.15, 0.2) is 0 Å². The highest BCUT2D eigenvalue weighted by molar-refractivity contribution is 7.99. The van der Waals surface area contributed by atoms with Crippen molar-refractivity contribution in [1.29, 1.82) is 0 Å². The number of ether oxygens (including phenoxy) is 1. The van der Waals surface area contributed by atoms with Crippen LogP contribution in [-0.4, -0.2) is 41.7 Å². The molecule has 0 saturated heterocycles. The summed E-state index contributed by atoms with van der Waals surface area (Å²) in [5, 5.41) is 3.03. The molecule has 2 amide bonds. The molecule has 1 atom stereocenters. The number of carbonyl (C=O) groups is 2. The Morgan fingerprint density at radius 2 is 1.64 bits per heavy atom. The lowest BCUT2D eigenvalue weighted by Crippen LogP contribution is -2.51. The number of methoxy groups -OCH3 is 1. The van der Waals surface area contributed by atoms with Crippen LogP contribution in [0.15, 0.2) is 83.8 Å². The number of thioether (sulfide) groups is 1. The summed E-state index contributed by atoms with van der Waals surface area (Å²) in [4.78, 5) is 29.9. The number of aryl methyl sites for hydroxylation is 1. The van der Waals surface area contributed by atoms with Gasteiger partial charge in [0.2, 0.25) is 11.8 Å². The molecule has 5 nitrogen and oxygen atoms in total. The molecule has 0 aromatic heterocycles. The fourth-order valence-corrected chi connectivity index (χ4v) is 4.78. The second kappa shape index (κ2) is 13.7. The van der Waals surface area contributed by atoms with Gasteiger partial charge < -0.3 is 15.0 Å². The van der Waals surface area contributed by atoms with E-state index in [2.05, 4.69) is 36.5 Å². The highest BCUT2D eigenvalue weighted by Gasteiger charge is 2.30. The topological polar surface area (TPSA) is 58.6 Å². The monoisotopic (exact) mass is 504 g/mol. The summed E-state index contributed by atoms with van der Waals surface area (Å²) in [6, 6.07) is 25.2. The molecule has 190 valence electrons. The summed E-state index contributed by atoms with van der Waals surface area (Å²) in [6.45, 7) is 6.26. The van der Waals surface area contributed by atoms with Gasteiger partial charge in [0.1, 0.15) is 11.8 Å². The Morgan fingerprint density at radius 1 is 0.944 bits per heavy atom. The van der Waals surface area contributed by atoms with Gasteiger partial charge in [-0.15, -0.1) is 11.8 Å². The Balaban J connectivity index is 1.85. The zero-order valence-electron chi connectivity index (χ0n) is 21.6. The smallest absolute Gasteiger partial charge is 0.243 e. The van der Waals surface area contributed by atoms with E-state index < -0.39 is 6.04 Å². The van der Waals surface area contributed by atoms with Crippen molar-refractivity contribution in [1.82, 2.24) is 10.2 Å². The molecule has 3 aromatic rings. The van der Waals surface area contributed by atoms with E-state index in [1.165, 1.54) is 5.56 Å². The number of hydrogen-bond acceptors (Lipinski definition) is 4. The molecule has 0 spiro atoms. The largest absolute Gasteiger partial charge is 0.497 e. The molecule has 3 aromatic carbocycles. The molecule has 36 heavy (non-hydrogen) atoms. The van der Waals surface area contributed by atoms with E-state index in [1.807, 2.05) is 68.4 Å². The number of nitrogens with one attached hydrogen (secondary N) is 1. The van der Waals surface area contributed by atoms with Gasteiger partial charge in [-0.3, -0.25) is 9.59 Å². The first-order valence-corrected chi connectivity index (χ1v) is 13.3. The summed E-state index contributed by atoms with van der Waals surface area (Å²) in [6.07, 6.45) is 0.781. The molecule has 0 fully saturated rings. The van der Waals surface area contributed by atoms with Crippen LogP contribution in [0.2, 0.25) is 0 Å². The molecule has 0 radical (unpaired) electrons. The molecule has 0 heterocycles. The van der Waals surface area contributed by atoms with Gasteiger partial charge in [-0.05, 0) is 56.2 Å². The van der Waals surface area contributed by atoms with E-state index in [9.17, 15) is 9.59 Å². The summed E-state index contributed by atoms with van der Waals surface area (Å²) in [5.41, 5.74) is 3.14. The van der Waals surface area contributed by atoms with Crippen LogP contribution in [0.4, 0.5) is 0 Å². The van der Waals surface area contributed by atoms with Crippen LogP contribution in [0, 0.1) is 6.92 Å². The highest BCUT2D eigenvalue weighted by atomic mass is 32.2. The maximum absolute atomic E-state index is 13.7. The van der Waals surface area contributed by atoms with Gasteiger partial charge in [-0.1, -0.05) is 60.2 Å². The van der Waals surface area contributed by atoms with Crippen LogP contribution in [-0.2, 0) is 22.6 Å². The maximum atomic E-state index is 13.7. The van der Waals surface area contributed by atoms with E-state index in [0.717, 1.165) is 21.8 Å². The van der Waals surface area contributed by atoms with E-state index in [1.54, 1.807) is 23.8 Å². The molecule has 6 heteroatoms. The first-order chi connectivity index (χ1) is 17.4. The predicted molar refractivity (Wildman–Crippen MR) is 147 cm³/mol. The number of benzene rings is 3. The first kappa shape index (κ1) is 27.3. The lowest BCUT2D eigenvalue weighted by Gasteiger charge is -2.32. The van der Waals surface area contributed by atoms with Gasteiger partial charge in [0.25, 0.3) is 0 Å². The van der Waals surface area contributed by atoms with Crippen molar-refractivity contribution in [2.45, 2.75) is 57.1 Å². The summed E-state index contributed by atoms with van der Waals surface area (Å²) in [7, 11) is 1.62. The molecular weight excluding hydrogens is 468 g/mol. The van der Waals surface area contributed by atoms with Crippen LogP contribution >= 0.6 is 11.8 Å².